The number of azide groups is 1. The fourth-order valence-electron chi connectivity index (χ4n) is 1.22. The van der Waals surface area contributed by atoms with Gasteiger partial charge >= 0.3 is 0 Å². The number of H-pyrrole nitrogens is 1. The fraction of sp³-hybridized carbons (Fsp3) is 0.111. The molecule has 7 nitrogen and oxygen atoms in total. The van der Waals surface area contributed by atoms with Crippen LogP contribution in [0.4, 0.5) is 0 Å². The zero-order valence-corrected chi connectivity index (χ0v) is 8.08. The van der Waals surface area contributed by atoms with E-state index in [1.54, 1.807) is 12.3 Å². The van der Waals surface area contributed by atoms with Crippen LogP contribution in [0.25, 0.3) is 16.0 Å². The van der Waals surface area contributed by atoms with E-state index in [0.717, 1.165) is 0 Å². The topological polar surface area (TPSA) is 98.9 Å². The standard InChI is InChI=1S/C9H6N6O/c10-14-12-3-1-2-7-4-8-9(16)11-6-13-15(8)5-7/h4-6H,3H2,(H,11,13,16). The summed E-state index contributed by atoms with van der Waals surface area (Å²) in [5.41, 5.74) is 8.90. The Balaban J connectivity index is 2.39. The highest BCUT2D eigenvalue weighted by atomic mass is 16.1. The van der Waals surface area contributed by atoms with Gasteiger partial charge < -0.3 is 4.98 Å². The van der Waals surface area contributed by atoms with Crippen molar-refractivity contribution in [1.82, 2.24) is 14.6 Å². The molecule has 0 bridgehead atoms. The van der Waals surface area contributed by atoms with Crippen molar-refractivity contribution in [2.75, 3.05) is 6.54 Å². The number of aromatic nitrogens is 3. The molecule has 0 aliphatic rings. The second-order valence-electron chi connectivity index (χ2n) is 2.87. The van der Waals surface area contributed by atoms with E-state index in [2.05, 4.69) is 31.9 Å². The molecule has 0 saturated heterocycles. The maximum atomic E-state index is 11.3. The van der Waals surface area contributed by atoms with Gasteiger partial charge in [0.05, 0.1) is 6.54 Å². The molecule has 0 aliphatic heterocycles. The minimum atomic E-state index is -0.224. The van der Waals surface area contributed by atoms with Gasteiger partial charge in [-0.15, -0.1) is 0 Å². The molecule has 2 heterocycles. The van der Waals surface area contributed by atoms with Crippen LogP contribution in [0, 0.1) is 11.8 Å². The molecule has 0 radical (unpaired) electrons. The van der Waals surface area contributed by atoms with Gasteiger partial charge in [-0.25, -0.2) is 4.52 Å². The van der Waals surface area contributed by atoms with Crippen LogP contribution in [0.15, 0.2) is 28.5 Å². The molecule has 78 valence electrons. The molecular weight excluding hydrogens is 208 g/mol. The normalized spacial score (nSPS) is 9.25. The number of nitrogens with zero attached hydrogens (tertiary/aromatic N) is 5. The first kappa shape index (κ1) is 9.83. The minimum absolute atomic E-state index is 0.104. The van der Waals surface area contributed by atoms with Crippen LogP contribution in [0.5, 0.6) is 0 Å². The number of hydrogen-bond donors (Lipinski definition) is 1. The average molecular weight is 214 g/mol. The Hall–Kier alpha value is -2.71. The van der Waals surface area contributed by atoms with Crippen LogP contribution in [-0.4, -0.2) is 21.1 Å². The highest BCUT2D eigenvalue weighted by Crippen LogP contribution is 2.01. The third-order valence-electron chi connectivity index (χ3n) is 1.86. The summed E-state index contributed by atoms with van der Waals surface area (Å²) in [6, 6.07) is 1.62. The van der Waals surface area contributed by atoms with Crippen molar-refractivity contribution in [3.8, 4) is 11.8 Å². The van der Waals surface area contributed by atoms with Gasteiger partial charge in [-0.05, 0) is 11.6 Å². The van der Waals surface area contributed by atoms with Crippen LogP contribution in [0.2, 0.25) is 0 Å². The highest BCUT2D eigenvalue weighted by molar-refractivity contribution is 5.52. The molecule has 16 heavy (non-hydrogen) atoms. The lowest BCUT2D eigenvalue weighted by atomic mass is 10.3. The second-order valence-corrected chi connectivity index (χ2v) is 2.87. The molecule has 0 saturated carbocycles. The Bertz CT molecular complexity index is 679. The molecular formula is C9H6N6O. The number of rotatable bonds is 1. The van der Waals surface area contributed by atoms with Crippen molar-refractivity contribution >= 4 is 5.52 Å². The summed E-state index contributed by atoms with van der Waals surface area (Å²) in [5.74, 6) is 5.43. The van der Waals surface area contributed by atoms with E-state index < -0.39 is 0 Å². The first-order valence-electron chi connectivity index (χ1n) is 4.37. The smallest absolute Gasteiger partial charge is 0.275 e. The Kier molecular flexibility index (Phi) is 2.59. The van der Waals surface area contributed by atoms with Crippen molar-refractivity contribution in [1.29, 1.82) is 0 Å². The predicted octanol–water partition coefficient (Wildman–Crippen LogP) is 0.684. The van der Waals surface area contributed by atoms with Crippen molar-refractivity contribution in [2.45, 2.75) is 0 Å². The summed E-state index contributed by atoms with van der Waals surface area (Å²) in [5, 5.41) is 7.19. The second kappa shape index (κ2) is 4.21. The third-order valence-corrected chi connectivity index (χ3v) is 1.86. The summed E-state index contributed by atoms with van der Waals surface area (Å²) in [6.07, 6.45) is 2.94. The molecule has 2 aromatic rings. The van der Waals surface area contributed by atoms with E-state index in [1.807, 2.05) is 0 Å². The van der Waals surface area contributed by atoms with E-state index in [1.165, 1.54) is 10.8 Å². The highest BCUT2D eigenvalue weighted by Gasteiger charge is 2.00. The molecule has 2 rings (SSSR count). The molecule has 0 amide bonds. The van der Waals surface area contributed by atoms with Gasteiger partial charge in [0.25, 0.3) is 5.56 Å². The van der Waals surface area contributed by atoms with Crippen LogP contribution >= 0.6 is 0 Å². The fourth-order valence-corrected chi connectivity index (χ4v) is 1.22. The van der Waals surface area contributed by atoms with E-state index in [4.69, 9.17) is 5.53 Å². The van der Waals surface area contributed by atoms with E-state index in [9.17, 15) is 4.79 Å². The van der Waals surface area contributed by atoms with Gasteiger partial charge in [-0.3, -0.25) is 4.79 Å². The monoisotopic (exact) mass is 214 g/mol. The first-order chi connectivity index (χ1) is 7.81. The van der Waals surface area contributed by atoms with Crippen molar-refractivity contribution in [2.24, 2.45) is 5.11 Å². The number of hydrogen-bond acceptors (Lipinski definition) is 3. The zero-order valence-electron chi connectivity index (χ0n) is 8.08. The lowest BCUT2D eigenvalue weighted by Gasteiger charge is -1.87. The maximum absolute atomic E-state index is 11.3. The van der Waals surface area contributed by atoms with E-state index in [-0.39, 0.29) is 12.1 Å². The zero-order chi connectivity index (χ0) is 11.4. The molecule has 0 atom stereocenters. The van der Waals surface area contributed by atoms with Crippen LogP contribution in [-0.2, 0) is 0 Å². The predicted molar refractivity (Wildman–Crippen MR) is 56.7 cm³/mol. The lowest BCUT2D eigenvalue weighted by molar-refractivity contribution is 0.888. The summed E-state index contributed by atoms with van der Waals surface area (Å²) in [6.45, 7) is 0.104. The van der Waals surface area contributed by atoms with Gasteiger partial charge in [-0.1, -0.05) is 17.0 Å². The average Bonchev–Trinajstić information content (AvgIpc) is 2.69. The Morgan fingerprint density at radius 1 is 1.69 bits per heavy atom. The van der Waals surface area contributed by atoms with E-state index >= 15 is 0 Å². The largest absolute Gasteiger partial charge is 0.310 e. The summed E-state index contributed by atoms with van der Waals surface area (Å²) in [4.78, 5) is 16.4. The van der Waals surface area contributed by atoms with Crippen LogP contribution < -0.4 is 5.56 Å². The molecule has 1 N–H and O–H groups in total. The van der Waals surface area contributed by atoms with Gasteiger partial charge in [0.2, 0.25) is 0 Å². The van der Waals surface area contributed by atoms with Crippen LogP contribution in [0.1, 0.15) is 5.56 Å². The van der Waals surface area contributed by atoms with Gasteiger partial charge in [0.15, 0.2) is 0 Å². The Labute approximate surface area is 89.3 Å². The number of aromatic amines is 1. The van der Waals surface area contributed by atoms with E-state index in [0.29, 0.717) is 11.1 Å². The Morgan fingerprint density at radius 2 is 2.56 bits per heavy atom. The SMILES string of the molecule is [N-]=[N+]=NCC#Cc1cc2c(=O)[nH]cnn2c1. The van der Waals surface area contributed by atoms with Gasteiger partial charge in [0.1, 0.15) is 11.8 Å². The molecule has 0 aromatic carbocycles. The van der Waals surface area contributed by atoms with Crippen molar-refractivity contribution < 1.29 is 0 Å². The number of nitrogens with one attached hydrogen (secondary N) is 1. The maximum Gasteiger partial charge on any atom is 0.275 e. The molecule has 0 fully saturated rings. The summed E-state index contributed by atoms with van der Waals surface area (Å²) >= 11 is 0. The summed E-state index contributed by atoms with van der Waals surface area (Å²) < 4.78 is 1.44. The quantitative estimate of drug-likeness (QED) is 0.327. The van der Waals surface area contributed by atoms with Crippen LogP contribution in [0.3, 0.4) is 0 Å². The van der Waals surface area contributed by atoms with Gasteiger partial charge in [-0.2, -0.15) is 5.10 Å². The first-order valence-corrected chi connectivity index (χ1v) is 4.37. The molecule has 0 unspecified atom stereocenters. The lowest BCUT2D eigenvalue weighted by Crippen LogP contribution is -2.09. The van der Waals surface area contributed by atoms with Crippen molar-refractivity contribution in [3.05, 3.63) is 45.0 Å². The summed E-state index contributed by atoms with van der Waals surface area (Å²) in [7, 11) is 0. The molecule has 7 heteroatoms. The van der Waals surface area contributed by atoms with Gasteiger partial charge in [0, 0.05) is 16.7 Å². The number of fused-ring (bicyclic) bond motifs is 1. The third kappa shape index (κ3) is 1.87. The van der Waals surface area contributed by atoms with Crippen molar-refractivity contribution in [3.63, 3.8) is 0 Å². The molecule has 0 spiro atoms. The molecule has 0 aliphatic carbocycles. The minimum Gasteiger partial charge on any atom is -0.310 e. The Morgan fingerprint density at radius 3 is 3.31 bits per heavy atom. The molecule has 2 aromatic heterocycles.